The van der Waals surface area contributed by atoms with Gasteiger partial charge in [0.25, 0.3) is 5.91 Å². The number of hydrogen-bond donors (Lipinski definition) is 2. The van der Waals surface area contributed by atoms with Gasteiger partial charge in [-0.3, -0.25) is 4.79 Å². The van der Waals surface area contributed by atoms with Gasteiger partial charge in [-0.2, -0.15) is 0 Å². The first-order valence-electron chi connectivity index (χ1n) is 6.08. The molecule has 2 aromatic carbocycles. The summed E-state index contributed by atoms with van der Waals surface area (Å²) in [6.45, 7) is 0. The molecule has 0 fully saturated rings. The highest BCUT2D eigenvalue weighted by molar-refractivity contribution is 6.03. The highest BCUT2D eigenvalue weighted by atomic mass is 16.5. The van der Waals surface area contributed by atoms with Crippen LogP contribution in [0.15, 0.2) is 48.5 Å². The molecule has 0 aliphatic carbocycles. The predicted octanol–water partition coefficient (Wildman–Crippen LogP) is 2.80. The van der Waals surface area contributed by atoms with Gasteiger partial charge < -0.3 is 15.4 Å². The SMILES string of the molecule is COc1ccc([C@H]2Nc3ccccc3NC2=O)cc1. The zero-order valence-electron chi connectivity index (χ0n) is 10.5. The molecule has 19 heavy (non-hydrogen) atoms. The normalized spacial score (nSPS) is 17.1. The Morgan fingerprint density at radius 1 is 1.00 bits per heavy atom. The number of methoxy groups -OCH3 is 1. The number of benzene rings is 2. The summed E-state index contributed by atoms with van der Waals surface area (Å²) in [4.78, 5) is 12.1. The van der Waals surface area contributed by atoms with E-state index in [1.807, 2.05) is 48.5 Å². The van der Waals surface area contributed by atoms with Gasteiger partial charge in [0, 0.05) is 0 Å². The number of carbonyl (C=O) groups excluding carboxylic acids is 1. The Balaban J connectivity index is 1.91. The molecule has 1 amide bonds. The summed E-state index contributed by atoms with van der Waals surface area (Å²) < 4.78 is 5.12. The number of nitrogens with one attached hydrogen (secondary N) is 2. The van der Waals surface area contributed by atoms with Gasteiger partial charge in [-0.15, -0.1) is 0 Å². The van der Waals surface area contributed by atoms with E-state index in [1.54, 1.807) is 7.11 Å². The molecule has 0 saturated heterocycles. The Hall–Kier alpha value is -2.49. The predicted molar refractivity (Wildman–Crippen MR) is 74.4 cm³/mol. The Morgan fingerprint density at radius 2 is 1.68 bits per heavy atom. The summed E-state index contributed by atoms with van der Waals surface area (Å²) in [6.07, 6.45) is 0. The zero-order chi connectivity index (χ0) is 13.2. The lowest BCUT2D eigenvalue weighted by atomic mass is 10.0. The van der Waals surface area contributed by atoms with Crippen molar-refractivity contribution in [1.82, 2.24) is 0 Å². The first-order chi connectivity index (χ1) is 9.28. The molecule has 4 heteroatoms. The second-order valence-electron chi connectivity index (χ2n) is 4.39. The average molecular weight is 254 g/mol. The van der Waals surface area contributed by atoms with E-state index < -0.39 is 0 Å². The lowest BCUT2D eigenvalue weighted by molar-refractivity contribution is -0.117. The van der Waals surface area contributed by atoms with Crippen molar-refractivity contribution in [3.05, 3.63) is 54.1 Å². The number of ether oxygens (including phenoxy) is 1. The van der Waals surface area contributed by atoms with Crippen LogP contribution < -0.4 is 15.4 Å². The topological polar surface area (TPSA) is 50.4 Å². The lowest BCUT2D eigenvalue weighted by Crippen LogP contribution is -2.31. The van der Waals surface area contributed by atoms with Gasteiger partial charge in [0.15, 0.2) is 0 Å². The zero-order valence-corrected chi connectivity index (χ0v) is 10.5. The first-order valence-corrected chi connectivity index (χ1v) is 6.08. The van der Waals surface area contributed by atoms with Crippen molar-refractivity contribution in [3.8, 4) is 5.75 Å². The second-order valence-corrected chi connectivity index (χ2v) is 4.39. The van der Waals surface area contributed by atoms with Gasteiger partial charge in [0.05, 0.1) is 18.5 Å². The fraction of sp³-hybridized carbons (Fsp3) is 0.133. The largest absolute Gasteiger partial charge is 0.497 e. The first kappa shape index (κ1) is 11.6. The molecule has 1 atom stereocenters. The maximum Gasteiger partial charge on any atom is 0.251 e. The molecule has 96 valence electrons. The third-order valence-electron chi connectivity index (χ3n) is 3.20. The molecule has 0 bridgehead atoms. The Morgan fingerprint density at radius 3 is 2.37 bits per heavy atom. The van der Waals surface area contributed by atoms with Gasteiger partial charge in [-0.25, -0.2) is 0 Å². The van der Waals surface area contributed by atoms with Gasteiger partial charge in [0.1, 0.15) is 11.8 Å². The molecule has 1 aliphatic heterocycles. The van der Waals surface area contributed by atoms with Crippen molar-refractivity contribution in [3.63, 3.8) is 0 Å². The third kappa shape index (κ3) is 2.12. The number of carbonyl (C=O) groups is 1. The highest BCUT2D eigenvalue weighted by Gasteiger charge is 2.26. The summed E-state index contributed by atoms with van der Waals surface area (Å²) >= 11 is 0. The molecule has 0 unspecified atom stereocenters. The molecule has 1 heterocycles. The molecule has 0 aromatic heterocycles. The van der Waals surface area contributed by atoms with Crippen LogP contribution >= 0.6 is 0 Å². The summed E-state index contributed by atoms with van der Waals surface area (Å²) in [5.41, 5.74) is 2.66. The number of anilines is 2. The number of fused-ring (bicyclic) bond motifs is 1. The molecular weight excluding hydrogens is 240 g/mol. The number of amides is 1. The van der Waals surface area contributed by atoms with E-state index in [0.717, 1.165) is 22.7 Å². The molecule has 0 spiro atoms. The molecular formula is C15H14N2O2. The number of rotatable bonds is 2. The number of para-hydroxylation sites is 2. The van der Waals surface area contributed by atoms with Crippen molar-refractivity contribution in [2.45, 2.75) is 6.04 Å². The second kappa shape index (κ2) is 4.65. The average Bonchev–Trinajstić information content (AvgIpc) is 2.47. The van der Waals surface area contributed by atoms with Crippen LogP contribution in [0.1, 0.15) is 11.6 Å². The van der Waals surface area contributed by atoms with Gasteiger partial charge in [-0.05, 0) is 29.8 Å². The van der Waals surface area contributed by atoms with Crippen molar-refractivity contribution in [2.75, 3.05) is 17.7 Å². The van der Waals surface area contributed by atoms with Crippen molar-refractivity contribution < 1.29 is 9.53 Å². The third-order valence-corrected chi connectivity index (χ3v) is 3.20. The van der Waals surface area contributed by atoms with E-state index >= 15 is 0 Å². The van der Waals surface area contributed by atoms with Crippen LogP contribution in [0.5, 0.6) is 5.75 Å². The standard InChI is InChI=1S/C15H14N2O2/c1-19-11-8-6-10(7-9-11)14-15(18)17-13-5-3-2-4-12(13)16-14/h2-9,14,16H,1H3,(H,17,18)/t14-/m1/s1. The van der Waals surface area contributed by atoms with E-state index in [2.05, 4.69) is 10.6 Å². The molecule has 2 N–H and O–H groups in total. The van der Waals surface area contributed by atoms with Crippen molar-refractivity contribution >= 4 is 17.3 Å². The lowest BCUT2D eigenvalue weighted by Gasteiger charge is -2.27. The van der Waals surface area contributed by atoms with Crippen LogP contribution in [-0.2, 0) is 4.79 Å². The van der Waals surface area contributed by atoms with Gasteiger partial charge in [-0.1, -0.05) is 24.3 Å². The maximum atomic E-state index is 12.1. The van der Waals surface area contributed by atoms with Gasteiger partial charge >= 0.3 is 0 Å². The van der Waals surface area contributed by atoms with E-state index in [4.69, 9.17) is 4.74 Å². The van der Waals surface area contributed by atoms with E-state index in [-0.39, 0.29) is 11.9 Å². The minimum absolute atomic E-state index is 0.0520. The summed E-state index contributed by atoms with van der Waals surface area (Å²) in [5, 5.41) is 6.15. The van der Waals surface area contributed by atoms with Crippen LogP contribution in [0.25, 0.3) is 0 Å². The molecule has 0 radical (unpaired) electrons. The molecule has 3 rings (SSSR count). The Kier molecular flexibility index (Phi) is 2.83. The Labute approximate surface area is 111 Å². The van der Waals surface area contributed by atoms with Gasteiger partial charge in [0.2, 0.25) is 0 Å². The smallest absolute Gasteiger partial charge is 0.251 e. The van der Waals surface area contributed by atoms with Crippen molar-refractivity contribution in [1.29, 1.82) is 0 Å². The van der Waals surface area contributed by atoms with E-state index in [9.17, 15) is 4.79 Å². The minimum atomic E-state index is -0.374. The van der Waals surface area contributed by atoms with Crippen LogP contribution in [0, 0.1) is 0 Å². The fourth-order valence-corrected chi connectivity index (χ4v) is 2.18. The monoisotopic (exact) mass is 254 g/mol. The van der Waals surface area contributed by atoms with Crippen LogP contribution in [0.4, 0.5) is 11.4 Å². The van der Waals surface area contributed by atoms with Crippen molar-refractivity contribution in [2.24, 2.45) is 0 Å². The Bertz CT molecular complexity index is 608. The van der Waals surface area contributed by atoms with E-state index in [1.165, 1.54) is 0 Å². The van der Waals surface area contributed by atoms with Crippen LogP contribution in [0.3, 0.4) is 0 Å². The quantitative estimate of drug-likeness (QED) is 0.866. The van der Waals surface area contributed by atoms with Crippen LogP contribution in [0.2, 0.25) is 0 Å². The molecule has 2 aromatic rings. The summed E-state index contributed by atoms with van der Waals surface area (Å²) in [7, 11) is 1.62. The number of hydrogen-bond acceptors (Lipinski definition) is 3. The molecule has 4 nitrogen and oxygen atoms in total. The summed E-state index contributed by atoms with van der Waals surface area (Å²) in [5.74, 6) is 0.726. The van der Waals surface area contributed by atoms with Crippen LogP contribution in [-0.4, -0.2) is 13.0 Å². The van der Waals surface area contributed by atoms with E-state index in [0.29, 0.717) is 0 Å². The maximum absolute atomic E-state index is 12.1. The molecule has 1 aliphatic rings. The fourth-order valence-electron chi connectivity index (χ4n) is 2.18. The minimum Gasteiger partial charge on any atom is -0.497 e. The molecule has 0 saturated carbocycles. The highest BCUT2D eigenvalue weighted by Crippen LogP contribution is 2.32. The summed E-state index contributed by atoms with van der Waals surface area (Å²) in [6, 6.07) is 14.8.